The maximum Gasteiger partial charge on any atom is 0.0335 e. The number of nitrogens with zero attached hydrogens (tertiary/aromatic N) is 1. The molecule has 0 amide bonds. The van der Waals surface area contributed by atoms with E-state index in [0.717, 1.165) is 30.5 Å². The molecule has 1 aromatic rings. The van der Waals surface area contributed by atoms with Gasteiger partial charge in [0.25, 0.3) is 0 Å². The van der Waals surface area contributed by atoms with Gasteiger partial charge in [-0.15, -0.1) is 0 Å². The SMILES string of the molecule is CNC(CC1CN(C)CCN1)c1cc(Br)ccc1C. The number of piperazine rings is 1. The molecule has 1 saturated heterocycles. The average molecular weight is 326 g/mol. The van der Waals surface area contributed by atoms with Crippen molar-refractivity contribution in [3.05, 3.63) is 33.8 Å². The van der Waals surface area contributed by atoms with E-state index in [-0.39, 0.29) is 0 Å². The number of aryl methyl sites for hydroxylation is 1. The van der Waals surface area contributed by atoms with Gasteiger partial charge in [0.2, 0.25) is 0 Å². The van der Waals surface area contributed by atoms with Gasteiger partial charge in [0.1, 0.15) is 0 Å². The van der Waals surface area contributed by atoms with Crippen LogP contribution in [0.1, 0.15) is 23.6 Å². The molecule has 2 atom stereocenters. The highest BCUT2D eigenvalue weighted by atomic mass is 79.9. The number of hydrogen-bond donors (Lipinski definition) is 2. The zero-order chi connectivity index (χ0) is 13.8. The Morgan fingerprint density at radius 3 is 3.00 bits per heavy atom. The maximum absolute atomic E-state index is 3.62. The summed E-state index contributed by atoms with van der Waals surface area (Å²) in [5, 5.41) is 7.09. The van der Waals surface area contributed by atoms with Crippen LogP contribution in [-0.4, -0.2) is 44.7 Å². The van der Waals surface area contributed by atoms with E-state index in [2.05, 4.69) is 70.7 Å². The molecule has 2 N–H and O–H groups in total. The van der Waals surface area contributed by atoms with E-state index in [1.54, 1.807) is 0 Å². The smallest absolute Gasteiger partial charge is 0.0335 e. The van der Waals surface area contributed by atoms with E-state index in [1.165, 1.54) is 11.1 Å². The fourth-order valence-corrected chi connectivity index (χ4v) is 3.20. The second-order valence-electron chi connectivity index (χ2n) is 5.49. The topological polar surface area (TPSA) is 27.3 Å². The molecule has 2 unspecified atom stereocenters. The van der Waals surface area contributed by atoms with Crippen LogP contribution in [0.2, 0.25) is 0 Å². The van der Waals surface area contributed by atoms with Crippen LogP contribution >= 0.6 is 15.9 Å². The van der Waals surface area contributed by atoms with Gasteiger partial charge in [-0.2, -0.15) is 0 Å². The van der Waals surface area contributed by atoms with E-state index < -0.39 is 0 Å². The van der Waals surface area contributed by atoms with Gasteiger partial charge >= 0.3 is 0 Å². The van der Waals surface area contributed by atoms with Gasteiger partial charge in [0.05, 0.1) is 0 Å². The third kappa shape index (κ3) is 4.02. The van der Waals surface area contributed by atoms with Gasteiger partial charge in [0.15, 0.2) is 0 Å². The highest BCUT2D eigenvalue weighted by Gasteiger charge is 2.21. The van der Waals surface area contributed by atoms with Crippen LogP contribution < -0.4 is 10.6 Å². The lowest BCUT2D eigenvalue weighted by Crippen LogP contribution is -2.50. The molecule has 0 spiro atoms. The maximum atomic E-state index is 3.62. The van der Waals surface area contributed by atoms with Gasteiger partial charge in [-0.05, 0) is 50.7 Å². The molecule has 2 rings (SSSR count). The van der Waals surface area contributed by atoms with E-state index in [4.69, 9.17) is 0 Å². The van der Waals surface area contributed by atoms with Gasteiger partial charge in [-0.25, -0.2) is 0 Å². The van der Waals surface area contributed by atoms with E-state index in [1.807, 2.05) is 0 Å². The third-order valence-corrected chi connectivity index (χ3v) is 4.44. The van der Waals surface area contributed by atoms with Crippen molar-refractivity contribution in [2.45, 2.75) is 25.4 Å². The lowest BCUT2D eigenvalue weighted by molar-refractivity contribution is 0.221. The summed E-state index contributed by atoms with van der Waals surface area (Å²) in [5.74, 6) is 0. The van der Waals surface area contributed by atoms with Crippen LogP contribution in [0.5, 0.6) is 0 Å². The Morgan fingerprint density at radius 2 is 2.32 bits per heavy atom. The molecule has 3 nitrogen and oxygen atoms in total. The zero-order valence-corrected chi connectivity index (χ0v) is 13.6. The van der Waals surface area contributed by atoms with Crippen molar-refractivity contribution < 1.29 is 0 Å². The number of likely N-dealkylation sites (N-methyl/N-ethyl adjacent to an activating group) is 1. The Balaban J connectivity index is 2.09. The summed E-state index contributed by atoms with van der Waals surface area (Å²) in [6.45, 7) is 5.56. The Bertz CT molecular complexity index is 422. The Kier molecular flexibility index (Phi) is 5.39. The lowest BCUT2D eigenvalue weighted by atomic mass is 9.95. The predicted octanol–water partition coefficient (Wildman–Crippen LogP) is 2.31. The molecule has 1 aromatic carbocycles. The fraction of sp³-hybridized carbons (Fsp3) is 0.600. The number of hydrogen-bond acceptors (Lipinski definition) is 3. The number of nitrogens with one attached hydrogen (secondary N) is 2. The summed E-state index contributed by atoms with van der Waals surface area (Å²) in [5.41, 5.74) is 2.75. The van der Waals surface area contributed by atoms with Crippen LogP contribution in [0.4, 0.5) is 0 Å². The molecule has 0 radical (unpaired) electrons. The van der Waals surface area contributed by atoms with Crippen molar-refractivity contribution in [2.75, 3.05) is 33.7 Å². The van der Waals surface area contributed by atoms with Gasteiger partial charge in [-0.1, -0.05) is 22.0 Å². The molecule has 1 fully saturated rings. The highest BCUT2D eigenvalue weighted by Crippen LogP contribution is 2.25. The molecule has 0 aliphatic carbocycles. The zero-order valence-electron chi connectivity index (χ0n) is 12.0. The molecule has 0 bridgehead atoms. The van der Waals surface area contributed by atoms with Crippen LogP contribution in [0.3, 0.4) is 0 Å². The first-order chi connectivity index (χ1) is 9.10. The number of rotatable bonds is 4. The highest BCUT2D eigenvalue weighted by molar-refractivity contribution is 9.10. The second kappa shape index (κ2) is 6.84. The van der Waals surface area contributed by atoms with Crippen molar-refractivity contribution in [3.8, 4) is 0 Å². The second-order valence-corrected chi connectivity index (χ2v) is 6.41. The molecule has 0 saturated carbocycles. The third-order valence-electron chi connectivity index (χ3n) is 3.94. The first-order valence-corrected chi connectivity index (χ1v) is 7.74. The number of halogens is 1. The summed E-state index contributed by atoms with van der Waals surface area (Å²) in [6.07, 6.45) is 1.12. The van der Waals surface area contributed by atoms with Crippen LogP contribution in [0.15, 0.2) is 22.7 Å². The summed E-state index contributed by atoms with van der Waals surface area (Å²) in [7, 11) is 4.25. The molecule has 1 aliphatic heterocycles. The molecular formula is C15H24BrN3. The molecule has 1 aliphatic rings. The lowest BCUT2D eigenvalue weighted by Gasteiger charge is -2.33. The minimum atomic E-state index is 0.404. The van der Waals surface area contributed by atoms with Gasteiger partial charge in [-0.3, -0.25) is 0 Å². The quantitative estimate of drug-likeness (QED) is 0.889. The van der Waals surface area contributed by atoms with Crippen molar-refractivity contribution in [1.29, 1.82) is 0 Å². The summed E-state index contributed by atoms with van der Waals surface area (Å²) in [6, 6.07) is 7.50. The minimum absolute atomic E-state index is 0.404. The van der Waals surface area contributed by atoms with Crippen molar-refractivity contribution in [2.24, 2.45) is 0 Å². The van der Waals surface area contributed by atoms with Crippen LogP contribution in [0.25, 0.3) is 0 Å². The van der Waals surface area contributed by atoms with Gasteiger partial charge in [0, 0.05) is 36.2 Å². The monoisotopic (exact) mass is 325 g/mol. The summed E-state index contributed by atoms with van der Waals surface area (Å²) < 4.78 is 1.15. The Morgan fingerprint density at radius 1 is 1.53 bits per heavy atom. The molecule has 19 heavy (non-hydrogen) atoms. The number of benzene rings is 1. The predicted molar refractivity (Wildman–Crippen MR) is 84.6 cm³/mol. The Hall–Kier alpha value is -0.420. The largest absolute Gasteiger partial charge is 0.313 e. The van der Waals surface area contributed by atoms with E-state index in [0.29, 0.717) is 12.1 Å². The van der Waals surface area contributed by atoms with Gasteiger partial charge < -0.3 is 15.5 Å². The molecule has 4 heteroatoms. The molecule has 0 aromatic heterocycles. The van der Waals surface area contributed by atoms with E-state index >= 15 is 0 Å². The fourth-order valence-electron chi connectivity index (χ4n) is 2.82. The molecular weight excluding hydrogens is 302 g/mol. The van der Waals surface area contributed by atoms with Crippen molar-refractivity contribution in [3.63, 3.8) is 0 Å². The molecule has 1 heterocycles. The normalized spacial score (nSPS) is 22.4. The van der Waals surface area contributed by atoms with Crippen LogP contribution in [0, 0.1) is 6.92 Å². The van der Waals surface area contributed by atoms with Crippen molar-refractivity contribution >= 4 is 15.9 Å². The standard InChI is InChI=1S/C15H24BrN3/c1-11-4-5-12(16)8-14(11)15(17-2)9-13-10-19(3)7-6-18-13/h4-5,8,13,15,17-18H,6-7,9-10H2,1-3H3. The first kappa shape index (κ1) is 15.0. The first-order valence-electron chi connectivity index (χ1n) is 6.95. The summed E-state index contributed by atoms with van der Waals surface area (Å²) >= 11 is 3.58. The average Bonchev–Trinajstić information content (AvgIpc) is 2.39. The molecule has 106 valence electrons. The summed E-state index contributed by atoms with van der Waals surface area (Å²) in [4.78, 5) is 2.40. The minimum Gasteiger partial charge on any atom is -0.313 e. The van der Waals surface area contributed by atoms with Crippen molar-refractivity contribution in [1.82, 2.24) is 15.5 Å². The van der Waals surface area contributed by atoms with Crippen LogP contribution in [-0.2, 0) is 0 Å². The Labute approximate surface area is 124 Å². The van der Waals surface area contributed by atoms with E-state index in [9.17, 15) is 0 Å².